The zero-order chi connectivity index (χ0) is 30.2. The summed E-state index contributed by atoms with van der Waals surface area (Å²) in [4.78, 5) is 28.2. The van der Waals surface area contributed by atoms with Crippen molar-refractivity contribution in [2.24, 2.45) is 28.9 Å². The van der Waals surface area contributed by atoms with E-state index in [2.05, 4.69) is 20.8 Å². The van der Waals surface area contributed by atoms with Gasteiger partial charge in [-0.25, -0.2) is 4.79 Å². The molecular weight excluding hydrogens is 531 g/mol. The highest BCUT2D eigenvalue weighted by Gasteiger charge is 2.67. The van der Waals surface area contributed by atoms with Gasteiger partial charge in [-0.05, 0) is 114 Å². The van der Waals surface area contributed by atoms with Crippen LogP contribution in [-0.2, 0) is 25.3 Å². The molecule has 4 saturated carbocycles. The van der Waals surface area contributed by atoms with Gasteiger partial charge in [0, 0.05) is 12.0 Å². The molecule has 0 aromatic heterocycles. The van der Waals surface area contributed by atoms with Crippen LogP contribution < -0.4 is 10.5 Å². The summed E-state index contributed by atoms with van der Waals surface area (Å²) in [5.41, 5.74) is 7.86. The maximum absolute atomic E-state index is 13.5. The van der Waals surface area contributed by atoms with Crippen LogP contribution >= 0.6 is 0 Å². The van der Waals surface area contributed by atoms with E-state index in [0.29, 0.717) is 35.7 Å². The first kappa shape index (κ1) is 30.0. The fourth-order valence-corrected chi connectivity index (χ4v) is 8.40. The Bertz CT molecular complexity index is 1240. The van der Waals surface area contributed by atoms with Crippen molar-refractivity contribution in [3.05, 3.63) is 28.8 Å². The lowest BCUT2D eigenvalue weighted by atomic mass is 9.43. The third-order valence-electron chi connectivity index (χ3n) is 11.1. The molecular formula is C33H49BN2O6. The van der Waals surface area contributed by atoms with Gasteiger partial charge in [0.15, 0.2) is 0 Å². The third-order valence-corrected chi connectivity index (χ3v) is 11.1. The van der Waals surface area contributed by atoms with Crippen molar-refractivity contribution in [2.75, 3.05) is 13.1 Å². The van der Waals surface area contributed by atoms with E-state index < -0.39 is 11.6 Å². The maximum Gasteiger partial charge on any atom is 0.457 e. The fourth-order valence-electron chi connectivity index (χ4n) is 8.40. The van der Waals surface area contributed by atoms with Gasteiger partial charge < -0.3 is 29.4 Å². The predicted octanol–water partition coefficient (Wildman–Crippen LogP) is 4.94. The number of esters is 1. The summed E-state index contributed by atoms with van der Waals surface area (Å²) in [6, 6.07) is 4.06. The van der Waals surface area contributed by atoms with Crippen LogP contribution in [0.15, 0.2) is 12.1 Å². The van der Waals surface area contributed by atoms with Crippen molar-refractivity contribution in [2.45, 2.75) is 123 Å². The Morgan fingerprint density at radius 3 is 2.50 bits per heavy atom. The van der Waals surface area contributed by atoms with Crippen LogP contribution in [0.25, 0.3) is 0 Å². The van der Waals surface area contributed by atoms with Gasteiger partial charge in [-0.2, -0.15) is 0 Å². The average Bonchev–Trinajstić information content (AvgIpc) is 3.45. The molecule has 1 aromatic carbocycles. The Hall–Kier alpha value is -2.10. The Morgan fingerprint density at radius 1 is 1.12 bits per heavy atom. The molecule has 1 amide bonds. The molecule has 6 atom stereocenters. The Morgan fingerprint density at radius 2 is 1.86 bits per heavy atom. The highest BCUT2D eigenvalue weighted by molar-refractivity contribution is 6.45. The summed E-state index contributed by atoms with van der Waals surface area (Å²) in [6.07, 6.45) is 6.29. The summed E-state index contributed by atoms with van der Waals surface area (Å²) in [5, 5.41) is 0. The van der Waals surface area contributed by atoms with Gasteiger partial charge in [0.1, 0.15) is 23.0 Å². The standard InChI is InChI=1S/C33H49BN2O6/c1-19-20(12-13-34-41-27-16-22-15-26(32(22,5)6)33(27,7)42-34)9-11-25(28(19)30(38)40-31(2,3)4)39-24-17-36(18-24)29(37)21-8-10-23(35)14-21/h9,11,21-24,26-27H,8,10,12-18,35H2,1-7H3/t21-,22-,23-,26-,27+,33-/m0/s1. The van der Waals surface area contributed by atoms with Gasteiger partial charge in [0.05, 0.1) is 24.8 Å². The second-order valence-electron chi connectivity index (χ2n) is 15.4. The minimum absolute atomic E-state index is 0.0244. The van der Waals surface area contributed by atoms with Crippen molar-refractivity contribution < 1.29 is 28.4 Å². The fraction of sp³-hybridized carbons (Fsp3) is 0.758. The van der Waals surface area contributed by atoms with Crippen LogP contribution in [0.1, 0.15) is 95.1 Å². The smallest absolute Gasteiger partial charge is 0.457 e. The molecule has 42 heavy (non-hydrogen) atoms. The van der Waals surface area contributed by atoms with E-state index in [-0.39, 0.29) is 42.8 Å². The number of benzene rings is 1. The van der Waals surface area contributed by atoms with Crippen molar-refractivity contribution in [3.8, 4) is 5.75 Å². The van der Waals surface area contributed by atoms with Gasteiger partial charge in [-0.1, -0.05) is 19.9 Å². The van der Waals surface area contributed by atoms with Crippen molar-refractivity contribution in [1.29, 1.82) is 0 Å². The number of nitrogens with zero attached hydrogens (tertiary/aromatic N) is 1. The largest absolute Gasteiger partial charge is 0.486 e. The lowest BCUT2D eigenvalue weighted by Gasteiger charge is -2.64. The van der Waals surface area contributed by atoms with Gasteiger partial charge in [0.2, 0.25) is 5.91 Å². The molecule has 6 aliphatic rings. The van der Waals surface area contributed by atoms with Crippen LogP contribution in [0.5, 0.6) is 5.75 Å². The van der Waals surface area contributed by atoms with E-state index in [4.69, 9.17) is 24.5 Å². The molecule has 1 aromatic rings. The van der Waals surface area contributed by atoms with Crippen molar-refractivity contribution in [1.82, 2.24) is 4.90 Å². The second kappa shape index (κ2) is 10.5. The number of nitrogens with two attached hydrogens (primary N) is 1. The van der Waals surface area contributed by atoms with E-state index in [9.17, 15) is 9.59 Å². The highest BCUT2D eigenvalue weighted by atomic mass is 16.7. The van der Waals surface area contributed by atoms with E-state index in [1.807, 2.05) is 44.7 Å². The molecule has 2 saturated heterocycles. The van der Waals surface area contributed by atoms with Gasteiger partial charge >= 0.3 is 13.1 Å². The quantitative estimate of drug-likeness (QED) is 0.360. The van der Waals surface area contributed by atoms with Crippen LogP contribution in [0.4, 0.5) is 0 Å². The average molecular weight is 581 g/mol. The summed E-state index contributed by atoms with van der Waals surface area (Å²) >= 11 is 0. The predicted molar refractivity (Wildman–Crippen MR) is 161 cm³/mol. The Kier molecular flexibility index (Phi) is 7.50. The molecule has 7 rings (SSSR count). The lowest BCUT2D eigenvalue weighted by Crippen LogP contribution is -2.65. The number of aryl methyl sites for hydroxylation is 1. The molecule has 2 heterocycles. The molecule has 0 radical (unpaired) electrons. The van der Waals surface area contributed by atoms with Crippen molar-refractivity contribution in [3.63, 3.8) is 0 Å². The third kappa shape index (κ3) is 5.28. The first-order chi connectivity index (χ1) is 19.7. The topological polar surface area (TPSA) is 100 Å². The van der Waals surface area contributed by atoms with Crippen LogP contribution in [0, 0.1) is 30.1 Å². The van der Waals surface area contributed by atoms with E-state index in [1.54, 1.807) is 0 Å². The van der Waals surface area contributed by atoms with Gasteiger partial charge in [-0.15, -0.1) is 0 Å². The lowest BCUT2D eigenvalue weighted by molar-refractivity contribution is -0.199. The summed E-state index contributed by atoms with van der Waals surface area (Å²) < 4.78 is 25.3. The molecule has 8 nitrogen and oxygen atoms in total. The Balaban J connectivity index is 1.13. The molecule has 9 heteroatoms. The van der Waals surface area contributed by atoms with Crippen LogP contribution in [0.3, 0.4) is 0 Å². The van der Waals surface area contributed by atoms with E-state index >= 15 is 0 Å². The van der Waals surface area contributed by atoms with Crippen LogP contribution in [-0.4, -0.2) is 66.4 Å². The zero-order valence-electron chi connectivity index (χ0n) is 26.5. The summed E-state index contributed by atoms with van der Waals surface area (Å²) in [7, 11) is -0.247. The molecule has 4 aliphatic carbocycles. The minimum atomic E-state index is -0.635. The van der Waals surface area contributed by atoms with E-state index in [1.165, 1.54) is 6.42 Å². The summed E-state index contributed by atoms with van der Waals surface area (Å²) in [6.45, 7) is 15.6. The van der Waals surface area contributed by atoms with E-state index in [0.717, 1.165) is 55.5 Å². The molecule has 0 spiro atoms. The first-order valence-electron chi connectivity index (χ1n) is 16.1. The monoisotopic (exact) mass is 580 g/mol. The number of likely N-dealkylation sites (tertiary alicyclic amines) is 1. The molecule has 2 bridgehead atoms. The normalized spacial score (nSPS) is 33.6. The Labute approximate surface area is 251 Å². The second-order valence-corrected chi connectivity index (χ2v) is 15.4. The zero-order valence-corrected chi connectivity index (χ0v) is 26.5. The number of hydrogen-bond donors (Lipinski definition) is 1. The highest BCUT2D eigenvalue weighted by Crippen LogP contribution is 2.65. The summed E-state index contributed by atoms with van der Waals surface area (Å²) in [5.74, 6) is 1.57. The SMILES string of the molecule is Cc1c(CCB2O[C@@H]3C[C@@H]4C[C@@H](C4(C)C)[C@]3(C)O2)ccc(OC2CN(C(=O)[C@H]3CC[C@H](N)C3)C2)c1C(=O)OC(C)(C)C. The molecule has 2 aliphatic heterocycles. The number of carbonyl (C=O) groups is 2. The van der Waals surface area contributed by atoms with Gasteiger partial charge in [-0.3, -0.25) is 4.79 Å². The van der Waals surface area contributed by atoms with Gasteiger partial charge in [0.25, 0.3) is 0 Å². The molecule has 230 valence electrons. The molecule has 0 unspecified atom stereocenters. The first-order valence-corrected chi connectivity index (χ1v) is 16.1. The molecule has 2 N–H and O–H groups in total. The molecule has 6 fully saturated rings. The minimum Gasteiger partial charge on any atom is -0.486 e. The number of carbonyl (C=O) groups excluding carboxylic acids is 2. The number of hydrogen-bond acceptors (Lipinski definition) is 7. The maximum atomic E-state index is 13.5. The number of ether oxygens (including phenoxy) is 2. The number of amides is 1. The van der Waals surface area contributed by atoms with Crippen molar-refractivity contribution >= 4 is 19.0 Å². The van der Waals surface area contributed by atoms with Crippen LogP contribution in [0.2, 0.25) is 6.32 Å². The number of rotatable bonds is 7.